The maximum atomic E-state index is 7.06. The molecule has 0 atom stereocenters. The minimum absolute atomic E-state index is 0.784. The van der Waals surface area contributed by atoms with Gasteiger partial charge in [-0.1, -0.05) is 133 Å². The van der Waals surface area contributed by atoms with Crippen LogP contribution in [0.1, 0.15) is 0 Å². The van der Waals surface area contributed by atoms with Crippen molar-refractivity contribution in [1.29, 1.82) is 0 Å². The first kappa shape index (κ1) is 31.4. The Kier molecular flexibility index (Phi) is 6.41. The summed E-state index contributed by atoms with van der Waals surface area (Å²) >= 11 is 0. The van der Waals surface area contributed by atoms with Crippen molar-refractivity contribution in [2.45, 2.75) is 0 Å². The Hall–Kier alpha value is -7.82. The lowest BCUT2D eigenvalue weighted by atomic mass is 10.00. The normalized spacial score (nSPS) is 12.1. The molecule has 0 N–H and O–H groups in total. The van der Waals surface area contributed by atoms with E-state index in [4.69, 9.17) is 8.83 Å². The van der Waals surface area contributed by atoms with E-state index in [-0.39, 0.29) is 0 Å². The van der Waals surface area contributed by atoms with Crippen molar-refractivity contribution in [2.75, 3.05) is 0 Å². The van der Waals surface area contributed by atoms with Crippen molar-refractivity contribution in [2.24, 2.45) is 0 Å². The first-order valence-corrected chi connectivity index (χ1v) is 19.7. The predicted molar refractivity (Wildman–Crippen MR) is 240 cm³/mol. The number of rotatable bonds is 4. The highest BCUT2D eigenvalue weighted by molar-refractivity contribution is 6.19. The Morgan fingerprint density at radius 3 is 0.966 bits per heavy atom. The van der Waals surface area contributed by atoms with E-state index < -0.39 is 0 Å². The van der Waals surface area contributed by atoms with Crippen molar-refractivity contribution in [3.63, 3.8) is 0 Å². The van der Waals surface area contributed by atoms with E-state index in [0.29, 0.717) is 0 Å². The number of benzene rings is 9. The molecule has 4 heterocycles. The van der Waals surface area contributed by atoms with E-state index >= 15 is 0 Å². The third kappa shape index (κ3) is 4.51. The fraction of sp³-hybridized carbons (Fsp3) is 0. The van der Waals surface area contributed by atoms with Gasteiger partial charge in [0.1, 0.15) is 0 Å². The molecule has 13 aromatic rings. The van der Waals surface area contributed by atoms with Gasteiger partial charge in [-0.15, -0.1) is 0 Å². The SMILES string of the molecule is c1ccc(-c2ccc3c(c2)c2cc(-c4ccccc4)cc4oc5cc6c(cc5n3c42)oc2cc(-c3ccccc3)cc3c4cc(-c5ccccc5)ccc4n6c23)cc1. The molecule has 0 aliphatic rings. The summed E-state index contributed by atoms with van der Waals surface area (Å²) in [7, 11) is 0. The fourth-order valence-electron chi connectivity index (χ4n) is 9.38. The van der Waals surface area contributed by atoms with Crippen molar-refractivity contribution in [1.82, 2.24) is 8.80 Å². The Morgan fingerprint density at radius 1 is 0.241 bits per heavy atom. The third-order valence-electron chi connectivity index (χ3n) is 12.0. The van der Waals surface area contributed by atoms with Gasteiger partial charge in [0.2, 0.25) is 0 Å². The van der Waals surface area contributed by atoms with Crippen molar-refractivity contribution in [3.05, 3.63) is 194 Å². The Labute approximate surface area is 332 Å². The highest BCUT2D eigenvalue weighted by Crippen LogP contribution is 2.44. The lowest BCUT2D eigenvalue weighted by molar-refractivity contribution is 0.647. The van der Waals surface area contributed by atoms with E-state index in [9.17, 15) is 0 Å². The second-order valence-corrected chi connectivity index (χ2v) is 15.3. The number of hydrogen-bond donors (Lipinski definition) is 0. The van der Waals surface area contributed by atoms with E-state index in [1.807, 2.05) is 0 Å². The molecule has 0 bridgehead atoms. The van der Waals surface area contributed by atoms with Crippen LogP contribution in [0.25, 0.3) is 121 Å². The van der Waals surface area contributed by atoms with Crippen LogP contribution in [0, 0.1) is 0 Å². The summed E-state index contributed by atoms with van der Waals surface area (Å²) in [6, 6.07) is 69.4. The Balaban J connectivity index is 1.16. The van der Waals surface area contributed by atoms with Crippen LogP contribution < -0.4 is 0 Å². The topological polar surface area (TPSA) is 35.1 Å². The zero-order valence-corrected chi connectivity index (χ0v) is 31.2. The van der Waals surface area contributed by atoms with Crippen LogP contribution in [0.3, 0.4) is 0 Å². The zero-order valence-electron chi connectivity index (χ0n) is 31.2. The molecule has 0 radical (unpaired) electrons. The largest absolute Gasteiger partial charge is 0.453 e. The molecular weight excluding hydrogens is 709 g/mol. The minimum Gasteiger partial charge on any atom is -0.453 e. The smallest absolute Gasteiger partial charge is 0.153 e. The highest BCUT2D eigenvalue weighted by atomic mass is 16.3. The number of hydrogen-bond acceptors (Lipinski definition) is 2. The van der Waals surface area contributed by atoms with E-state index in [0.717, 1.165) is 88.5 Å². The van der Waals surface area contributed by atoms with Crippen molar-refractivity contribution >= 4 is 77.0 Å². The van der Waals surface area contributed by atoms with Gasteiger partial charge in [-0.3, -0.25) is 0 Å². The molecule has 58 heavy (non-hydrogen) atoms. The molecule has 0 saturated carbocycles. The van der Waals surface area contributed by atoms with E-state index in [1.165, 1.54) is 33.0 Å². The number of fused-ring (bicyclic) bond motifs is 10. The van der Waals surface area contributed by atoms with Gasteiger partial charge in [0.15, 0.2) is 22.3 Å². The van der Waals surface area contributed by atoms with Gasteiger partial charge in [-0.25, -0.2) is 0 Å². The van der Waals surface area contributed by atoms with Gasteiger partial charge in [-0.05, 0) is 93.0 Å². The average molecular weight is 741 g/mol. The molecule has 4 heteroatoms. The van der Waals surface area contributed by atoms with Gasteiger partial charge in [0.05, 0.1) is 33.1 Å². The van der Waals surface area contributed by atoms with Crippen molar-refractivity contribution < 1.29 is 8.83 Å². The molecule has 0 unspecified atom stereocenters. The van der Waals surface area contributed by atoms with Crippen LogP contribution in [-0.4, -0.2) is 8.80 Å². The standard InChI is InChI=1S/C54H32N2O2/c1-5-13-33(14-6-1)37-21-23-45-41(25-37)43-27-39(35-17-9-3-10-18-35)29-51-53(43)55(45)47-31-50-48(32-49(47)57-51)56-46-24-22-38(34-15-7-2-8-16-34)26-42(46)44-28-40(30-52(58-50)54(44)56)36-19-11-4-12-20-36/h1-32H. The molecule has 13 rings (SSSR count). The predicted octanol–water partition coefficient (Wildman–Crippen LogP) is 15.0. The van der Waals surface area contributed by atoms with E-state index in [2.05, 4.69) is 203 Å². The summed E-state index contributed by atoms with van der Waals surface area (Å²) in [6.07, 6.45) is 0. The number of nitrogens with zero attached hydrogens (tertiary/aromatic N) is 2. The molecule has 0 spiro atoms. The molecule has 0 aliphatic heterocycles. The number of aromatic nitrogens is 2. The summed E-state index contributed by atoms with van der Waals surface area (Å²) in [4.78, 5) is 0. The van der Waals surface area contributed by atoms with Gasteiger partial charge in [0, 0.05) is 33.7 Å². The molecule has 4 nitrogen and oxygen atoms in total. The highest BCUT2D eigenvalue weighted by Gasteiger charge is 2.22. The van der Waals surface area contributed by atoms with Crippen LogP contribution in [0.2, 0.25) is 0 Å². The van der Waals surface area contributed by atoms with Crippen LogP contribution in [0.4, 0.5) is 0 Å². The second kappa shape index (κ2) is 11.8. The molecule has 0 saturated heterocycles. The van der Waals surface area contributed by atoms with Gasteiger partial charge in [-0.2, -0.15) is 0 Å². The molecule has 0 aliphatic carbocycles. The van der Waals surface area contributed by atoms with Crippen LogP contribution >= 0.6 is 0 Å². The first-order chi connectivity index (χ1) is 28.7. The van der Waals surface area contributed by atoms with Crippen LogP contribution in [-0.2, 0) is 0 Å². The maximum Gasteiger partial charge on any atom is 0.153 e. The maximum absolute atomic E-state index is 7.06. The molecule has 4 aromatic heterocycles. The lowest BCUT2D eigenvalue weighted by Gasteiger charge is -2.12. The van der Waals surface area contributed by atoms with E-state index in [1.54, 1.807) is 0 Å². The summed E-state index contributed by atoms with van der Waals surface area (Å²) in [5.74, 6) is 0. The van der Waals surface area contributed by atoms with Gasteiger partial charge >= 0.3 is 0 Å². The van der Waals surface area contributed by atoms with Crippen molar-refractivity contribution in [3.8, 4) is 44.5 Å². The quantitative estimate of drug-likeness (QED) is 0.168. The lowest BCUT2D eigenvalue weighted by Crippen LogP contribution is -1.94. The van der Waals surface area contributed by atoms with Crippen LogP contribution in [0.5, 0.6) is 0 Å². The second-order valence-electron chi connectivity index (χ2n) is 15.3. The Morgan fingerprint density at radius 2 is 0.586 bits per heavy atom. The van der Waals surface area contributed by atoms with Crippen LogP contribution in [0.15, 0.2) is 203 Å². The molecular formula is C54H32N2O2. The average Bonchev–Trinajstić information content (AvgIpc) is 3.81. The van der Waals surface area contributed by atoms with Gasteiger partial charge in [0.25, 0.3) is 0 Å². The summed E-state index contributed by atoms with van der Waals surface area (Å²) < 4.78 is 18.9. The first-order valence-electron chi connectivity index (χ1n) is 19.7. The zero-order chi connectivity index (χ0) is 37.9. The molecule has 270 valence electrons. The minimum atomic E-state index is 0.784. The molecule has 9 aromatic carbocycles. The summed E-state index contributed by atoms with van der Waals surface area (Å²) in [6.45, 7) is 0. The molecule has 0 amide bonds. The monoisotopic (exact) mass is 740 g/mol. The summed E-state index contributed by atoms with van der Waals surface area (Å²) in [5.41, 5.74) is 18.8. The summed E-state index contributed by atoms with van der Waals surface area (Å²) in [5, 5.41) is 4.66. The van der Waals surface area contributed by atoms with Gasteiger partial charge < -0.3 is 17.6 Å². The third-order valence-corrected chi connectivity index (χ3v) is 12.0. The molecule has 0 fully saturated rings. The Bertz CT molecular complexity index is 3510. The fourth-order valence-corrected chi connectivity index (χ4v) is 9.38.